The summed E-state index contributed by atoms with van der Waals surface area (Å²) in [6, 6.07) is 10.3. The summed E-state index contributed by atoms with van der Waals surface area (Å²) >= 11 is 5.82. The number of nitrogens with two attached hydrogens (primary N) is 1. The lowest BCUT2D eigenvalue weighted by Gasteiger charge is -2.08. The standard InChI is InChI=1S/C14H11ClN4O/c15-8-4-5-9(11(16)6-8)14(20)18-12-2-1-3-13-10(12)7-17-19-13/h1-7H,16H2,(H,17,19)(H,18,20). The molecule has 0 bridgehead atoms. The zero-order valence-corrected chi connectivity index (χ0v) is 11.1. The molecule has 3 aromatic rings. The highest BCUT2D eigenvalue weighted by atomic mass is 35.5. The minimum absolute atomic E-state index is 0.284. The summed E-state index contributed by atoms with van der Waals surface area (Å²) in [5, 5.41) is 11.0. The first-order valence-corrected chi connectivity index (χ1v) is 6.31. The number of nitrogens with one attached hydrogen (secondary N) is 2. The zero-order chi connectivity index (χ0) is 14.1. The van der Waals surface area contributed by atoms with E-state index in [9.17, 15) is 4.79 Å². The van der Waals surface area contributed by atoms with Gasteiger partial charge in [0.15, 0.2) is 0 Å². The number of aromatic amines is 1. The minimum Gasteiger partial charge on any atom is -0.398 e. The van der Waals surface area contributed by atoms with Crippen LogP contribution < -0.4 is 11.1 Å². The maximum Gasteiger partial charge on any atom is 0.257 e. The van der Waals surface area contributed by atoms with E-state index in [-0.39, 0.29) is 5.91 Å². The van der Waals surface area contributed by atoms with Crippen molar-refractivity contribution in [3.63, 3.8) is 0 Å². The van der Waals surface area contributed by atoms with Crippen LogP contribution in [0.5, 0.6) is 0 Å². The lowest BCUT2D eigenvalue weighted by Crippen LogP contribution is -2.14. The molecular weight excluding hydrogens is 276 g/mol. The maximum absolute atomic E-state index is 12.2. The lowest BCUT2D eigenvalue weighted by atomic mass is 10.1. The molecule has 0 atom stereocenters. The second kappa shape index (κ2) is 4.86. The number of halogens is 1. The number of amides is 1. The minimum atomic E-state index is -0.284. The molecule has 0 aliphatic carbocycles. The third-order valence-corrected chi connectivity index (χ3v) is 3.23. The topological polar surface area (TPSA) is 83.8 Å². The molecule has 100 valence electrons. The van der Waals surface area contributed by atoms with Crippen molar-refractivity contribution >= 4 is 39.8 Å². The average molecular weight is 287 g/mol. The fourth-order valence-corrected chi connectivity index (χ4v) is 2.19. The molecule has 5 nitrogen and oxygen atoms in total. The molecular formula is C14H11ClN4O. The summed E-state index contributed by atoms with van der Waals surface area (Å²) in [5.41, 5.74) is 8.06. The first-order chi connectivity index (χ1) is 9.65. The SMILES string of the molecule is Nc1cc(Cl)ccc1C(=O)Nc1cccc2[nH]ncc12. The van der Waals surface area contributed by atoms with Gasteiger partial charge in [-0.2, -0.15) is 5.10 Å². The lowest BCUT2D eigenvalue weighted by molar-refractivity contribution is 0.102. The van der Waals surface area contributed by atoms with Crippen molar-refractivity contribution in [3.05, 3.63) is 53.2 Å². The molecule has 0 saturated heterocycles. The molecule has 2 aromatic carbocycles. The van der Waals surface area contributed by atoms with Gasteiger partial charge < -0.3 is 11.1 Å². The van der Waals surface area contributed by atoms with E-state index in [1.54, 1.807) is 24.4 Å². The molecule has 0 radical (unpaired) electrons. The third-order valence-electron chi connectivity index (χ3n) is 2.99. The second-order valence-corrected chi connectivity index (χ2v) is 4.76. The molecule has 0 fully saturated rings. The van der Waals surface area contributed by atoms with E-state index in [1.807, 2.05) is 18.2 Å². The number of fused-ring (bicyclic) bond motifs is 1. The van der Waals surface area contributed by atoms with Crippen molar-refractivity contribution in [2.24, 2.45) is 0 Å². The van der Waals surface area contributed by atoms with E-state index in [4.69, 9.17) is 17.3 Å². The predicted molar refractivity (Wildman–Crippen MR) is 79.9 cm³/mol. The van der Waals surface area contributed by atoms with Crippen LogP contribution in [0.1, 0.15) is 10.4 Å². The number of hydrogen-bond donors (Lipinski definition) is 3. The molecule has 4 N–H and O–H groups in total. The average Bonchev–Trinajstić information content (AvgIpc) is 2.87. The molecule has 1 amide bonds. The number of rotatable bonds is 2. The Labute approximate surface area is 119 Å². The van der Waals surface area contributed by atoms with E-state index < -0.39 is 0 Å². The van der Waals surface area contributed by atoms with Gasteiger partial charge in [-0.3, -0.25) is 9.89 Å². The first-order valence-electron chi connectivity index (χ1n) is 5.93. The molecule has 20 heavy (non-hydrogen) atoms. The smallest absolute Gasteiger partial charge is 0.257 e. The van der Waals surface area contributed by atoms with Crippen molar-refractivity contribution in [2.45, 2.75) is 0 Å². The number of nitrogens with zero attached hydrogens (tertiary/aromatic N) is 1. The van der Waals surface area contributed by atoms with Gasteiger partial charge in [-0.15, -0.1) is 0 Å². The number of nitrogen functional groups attached to an aromatic ring is 1. The van der Waals surface area contributed by atoms with Gasteiger partial charge in [0.05, 0.1) is 23.0 Å². The van der Waals surface area contributed by atoms with Crippen LogP contribution in [-0.4, -0.2) is 16.1 Å². The molecule has 0 saturated carbocycles. The van der Waals surface area contributed by atoms with Crippen LogP contribution in [0.2, 0.25) is 5.02 Å². The summed E-state index contributed by atoms with van der Waals surface area (Å²) in [7, 11) is 0. The monoisotopic (exact) mass is 286 g/mol. The molecule has 6 heteroatoms. The summed E-state index contributed by atoms with van der Waals surface area (Å²) in [6.45, 7) is 0. The fourth-order valence-electron chi connectivity index (χ4n) is 2.01. The quantitative estimate of drug-likeness (QED) is 0.633. The Morgan fingerprint density at radius 2 is 2.15 bits per heavy atom. The molecule has 0 unspecified atom stereocenters. The number of carbonyl (C=O) groups is 1. The van der Waals surface area contributed by atoms with Crippen LogP contribution in [-0.2, 0) is 0 Å². The summed E-state index contributed by atoms with van der Waals surface area (Å²) in [5.74, 6) is -0.284. The Morgan fingerprint density at radius 1 is 1.30 bits per heavy atom. The Balaban J connectivity index is 1.94. The van der Waals surface area contributed by atoms with Gasteiger partial charge in [0.25, 0.3) is 5.91 Å². The highest BCUT2D eigenvalue weighted by molar-refractivity contribution is 6.31. The van der Waals surface area contributed by atoms with Crippen molar-refractivity contribution in [2.75, 3.05) is 11.1 Å². The molecule has 0 aliphatic rings. The summed E-state index contributed by atoms with van der Waals surface area (Å²) in [4.78, 5) is 12.2. The van der Waals surface area contributed by atoms with Crippen molar-refractivity contribution in [3.8, 4) is 0 Å². The largest absolute Gasteiger partial charge is 0.398 e. The molecule has 1 heterocycles. The highest BCUT2D eigenvalue weighted by Crippen LogP contribution is 2.23. The van der Waals surface area contributed by atoms with Crippen LogP contribution in [0.25, 0.3) is 10.9 Å². The second-order valence-electron chi connectivity index (χ2n) is 4.32. The highest BCUT2D eigenvalue weighted by Gasteiger charge is 2.12. The van der Waals surface area contributed by atoms with E-state index in [0.717, 1.165) is 10.9 Å². The van der Waals surface area contributed by atoms with Crippen LogP contribution >= 0.6 is 11.6 Å². The summed E-state index contributed by atoms with van der Waals surface area (Å²) in [6.07, 6.45) is 1.66. The van der Waals surface area contributed by atoms with Crippen LogP contribution in [0.4, 0.5) is 11.4 Å². The van der Waals surface area contributed by atoms with E-state index in [1.165, 1.54) is 0 Å². The van der Waals surface area contributed by atoms with Crippen LogP contribution in [0.3, 0.4) is 0 Å². The van der Waals surface area contributed by atoms with Crippen LogP contribution in [0, 0.1) is 0 Å². The zero-order valence-electron chi connectivity index (χ0n) is 10.4. The molecule has 1 aromatic heterocycles. The molecule has 0 aliphatic heterocycles. The number of anilines is 2. The van der Waals surface area contributed by atoms with Crippen molar-refractivity contribution in [1.29, 1.82) is 0 Å². The van der Waals surface area contributed by atoms with Gasteiger partial charge in [-0.05, 0) is 30.3 Å². The number of hydrogen-bond acceptors (Lipinski definition) is 3. The first kappa shape index (κ1) is 12.5. The Bertz CT molecular complexity index is 797. The number of H-pyrrole nitrogens is 1. The number of benzene rings is 2. The fraction of sp³-hybridized carbons (Fsp3) is 0. The van der Waals surface area contributed by atoms with Gasteiger partial charge in [0.1, 0.15) is 0 Å². The van der Waals surface area contributed by atoms with Crippen molar-refractivity contribution in [1.82, 2.24) is 10.2 Å². The van der Waals surface area contributed by atoms with Gasteiger partial charge in [0.2, 0.25) is 0 Å². The predicted octanol–water partition coefficient (Wildman–Crippen LogP) is 3.05. The van der Waals surface area contributed by atoms with Crippen LogP contribution in [0.15, 0.2) is 42.6 Å². The molecule has 3 rings (SSSR count). The van der Waals surface area contributed by atoms with E-state index in [2.05, 4.69) is 15.5 Å². The Kier molecular flexibility index (Phi) is 3.04. The van der Waals surface area contributed by atoms with Crippen molar-refractivity contribution < 1.29 is 4.79 Å². The van der Waals surface area contributed by atoms with Gasteiger partial charge in [-0.25, -0.2) is 0 Å². The van der Waals surface area contributed by atoms with E-state index in [0.29, 0.717) is 22.0 Å². The normalized spacial score (nSPS) is 10.7. The van der Waals surface area contributed by atoms with E-state index >= 15 is 0 Å². The third kappa shape index (κ3) is 2.19. The number of aromatic nitrogens is 2. The van der Waals surface area contributed by atoms with Gasteiger partial charge in [0, 0.05) is 16.1 Å². The maximum atomic E-state index is 12.2. The summed E-state index contributed by atoms with van der Waals surface area (Å²) < 4.78 is 0. The van der Waals surface area contributed by atoms with Gasteiger partial charge >= 0.3 is 0 Å². The Hall–Kier alpha value is -2.53. The number of carbonyl (C=O) groups excluding carboxylic acids is 1. The Morgan fingerprint density at radius 3 is 2.95 bits per heavy atom. The van der Waals surface area contributed by atoms with Gasteiger partial charge in [-0.1, -0.05) is 17.7 Å². The molecule has 0 spiro atoms.